The number of thiophene rings is 1. The zero-order chi connectivity index (χ0) is 24.5. The van der Waals surface area contributed by atoms with Gasteiger partial charge in [-0.2, -0.15) is 0 Å². The van der Waals surface area contributed by atoms with Crippen molar-refractivity contribution in [1.29, 1.82) is 0 Å². The maximum absolute atomic E-state index is 12.8. The molecule has 6 nitrogen and oxygen atoms in total. The average Bonchev–Trinajstić information content (AvgIpc) is 3.59. The number of hydrogen-bond acceptors (Lipinski definition) is 6. The van der Waals surface area contributed by atoms with E-state index >= 15 is 0 Å². The van der Waals surface area contributed by atoms with Crippen molar-refractivity contribution in [2.45, 2.75) is 19.9 Å². The molecule has 36 heavy (non-hydrogen) atoms. The van der Waals surface area contributed by atoms with Crippen LogP contribution in [0, 0.1) is 6.92 Å². The van der Waals surface area contributed by atoms with Crippen LogP contribution in [-0.4, -0.2) is 22.6 Å². The molecule has 0 atom stereocenters. The van der Waals surface area contributed by atoms with Crippen molar-refractivity contribution in [2.24, 2.45) is 0 Å². The van der Waals surface area contributed by atoms with Gasteiger partial charge in [-0.3, -0.25) is 4.79 Å². The molecular formula is C29H24N4O2S. The highest BCUT2D eigenvalue weighted by molar-refractivity contribution is 7.10. The second kappa shape index (κ2) is 9.43. The van der Waals surface area contributed by atoms with E-state index in [1.54, 1.807) is 12.1 Å². The zero-order valence-corrected chi connectivity index (χ0v) is 20.6. The number of hydrogen-bond donors (Lipinski definition) is 1. The van der Waals surface area contributed by atoms with Crippen LogP contribution in [0.3, 0.4) is 0 Å². The van der Waals surface area contributed by atoms with E-state index in [4.69, 9.17) is 4.42 Å². The second-order valence-corrected chi connectivity index (χ2v) is 9.85. The normalized spacial score (nSPS) is 12.9. The van der Waals surface area contributed by atoms with Crippen LogP contribution in [0.5, 0.6) is 0 Å². The summed E-state index contributed by atoms with van der Waals surface area (Å²) in [5.41, 5.74) is 6.65. The molecule has 3 aromatic carbocycles. The van der Waals surface area contributed by atoms with Gasteiger partial charge in [0.15, 0.2) is 0 Å². The largest absolute Gasteiger partial charge is 0.416 e. The molecule has 1 aliphatic rings. The highest BCUT2D eigenvalue weighted by Gasteiger charge is 2.18. The second-order valence-electron chi connectivity index (χ2n) is 8.85. The highest BCUT2D eigenvalue weighted by atomic mass is 32.1. The van der Waals surface area contributed by atoms with Gasteiger partial charge in [0, 0.05) is 46.0 Å². The fourth-order valence-electron chi connectivity index (χ4n) is 4.45. The topological polar surface area (TPSA) is 71.3 Å². The molecule has 0 aliphatic carbocycles. The first kappa shape index (κ1) is 22.2. The smallest absolute Gasteiger partial charge is 0.255 e. The number of rotatable bonds is 5. The van der Waals surface area contributed by atoms with Crippen molar-refractivity contribution in [3.8, 4) is 22.9 Å². The Labute approximate surface area is 213 Å². The summed E-state index contributed by atoms with van der Waals surface area (Å²) in [5.74, 6) is 0.734. The number of aryl methyl sites for hydroxylation is 1. The molecule has 7 heteroatoms. The van der Waals surface area contributed by atoms with E-state index in [2.05, 4.69) is 44.0 Å². The standard InChI is InChI=1S/C29H24N4O2S/c1-19-4-2-3-5-25(19)29-32-31-28(35-29)21-8-6-20(7-9-21)27(34)30-23-10-12-24(13-11-23)33-16-14-26-22(18-33)15-17-36-26/h2-13,15,17H,14,16,18H2,1H3,(H,30,34). The minimum absolute atomic E-state index is 0.165. The fraction of sp³-hybridized carbons (Fsp3) is 0.138. The van der Waals surface area contributed by atoms with Crippen molar-refractivity contribution in [3.05, 3.63) is 106 Å². The Morgan fingerprint density at radius 1 is 0.944 bits per heavy atom. The van der Waals surface area contributed by atoms with Gasteiger partial charge in [0.1, 0.15) is 0 Å². The maximum atomic E-state index is 12.8. The van der Waals surface area contributed by atoms with Gasteiger partial charge in [0.2, 0.25) is 11.8 Å². The predicted molar refractivity (Wildman–Crippen MR) is 143 cm³/mol. The third-order valence-corrected chi connectivity index (χ3v) is 7.52. The first-order chi connectivity index (χ1) is 17.6. The van der Waals surface area contributed by atoms with E-state index < -0.39 is 0 Å². The molecule has 178 valence electrons. The first-order valence-electron chi connectivity index (χ1n) is 11.9. The van der Waals surface area contributed by atoms with Crippen molar-refractivity contribution < 1.29 is 9.21 Å². The number of aromatic nitrogens is 2. The minimum Gasteiger partial charge on any atom is -0.416 e. The minimum atomic E-state index is -0.165. The number of anilines is 2. The Kier molecular flexibility index (Phi) is 5.83. The van der Waals surface area contributed by atoms with Crippen LogP contribution >= 0.6 is 11.3 Å². The maximum Gasteiger partial charge on any atom is 0.255 e. The van der Waals surface area contributed by atoms with E-state index in [0.717, 1.165) is 41.9 Å². The Bertz CT molecular complexity index is 1520. The van der Waals surface area contributed by atoms with E-state index in [0.29, 0.717) is 17.3 Å². The van der Waals surface area contributed by atoms with E-state index in [-0.39, 0.29) is 5.91 Å². The van der Waals surface area contributed by atoms with Crippen LogP contribution in [0.1, 0.15) is 26.4 Å². The number of carbonyl (C=O) groups is 1. The summed E-state index contributed by atoms with van der Waals surface area (Å²) in [6.07, 6.45) is 1.08. The monoisotopic (exact) mass is 492 g/mol. The molecule has 0 saturated heterocycles. The molecule has 0 radical (unpaired) electrons. The van der Waals surface area contributed by atoms with Crippen LogP contribution in [0.15, 0.2) is 88.7 Å². The van der Waals surface area contributed by atoms with Gasteiger partial charge in [0.05, 0.1) is 0 Å². The lowest BCUT2D eigenvalue weighted by Gasteiger charge is -2.29. The molecule has 5 aromatic rings. The van der Waals surface area contributed by atoms with Crippen LogP contribution in [0.25, 0.3) is 22.9 Å². The molecule has 0 bridgehead atoms. The summed E-state index contributed by atoms with van der Waals surface area (Å²) < 4.78 is 5.88. The molecule has 2 aromatic heterocycles. The van der Waals surface area contributed by atoms with E-state index in [1.165, 1.54) is 16.1 Å². The molecule has 0 fully saturated rings. The predicted octanol–water partition coefficient (Wildman–Crippen LogP) is 6.59. The zero-order valence-electron chi connectivity index (χ0n) is 19.8. The number of benzene rings is 3. The quantitative estimate of drug-likeness (QED) is 0.300. The van der Waals surface area contributed by atoms with Gasteiger partial charge in [0.25, 0.3) is 5.91 Å². The Morgan fingerprint density at radius 3 is 2.53 bits per heavy atom. The number of amides is 1. The third kappa shape index (κ3) is 4.41. The Hall–Kier alpha value is -4.23. The summed E-state index contributed by atoms with van der Waals surface area (Å²) in [7, 11) is 0. The lowest BCUT2D eigenvalue weighted by Crippen LogP contribution is -2.29. The van der Waals surface area contributed by atoms with Gasteiger partial charge >= 0.3 is 0 Å². The van der Waals surface area contributed by atoms with Crippen molar-refractivity contribution in [1.82, 2.24) is 10.2 Å². The molecule has 1 amide bonds. The molecular weight excluding hydrogens is 468 g/mol. The summed E-state index contributed by atoms with van der Waals surface area (Å²) in [6, 6.07) is 25.3. The third-order valence-electron chi connectivity index (χ3n) is 6.49. The summed E-state index contributed by atoms with van der Waals surface area (Å²) in [6.45, 7) is 3.95. The highest BCUT2D eigenvalue weighted by Crippen LogP contribution is 2.29. The van der Waals surface area contributed by atoms with Crippen LogP contribution in [0.4, 0.5) is 11.4 Å². The molecule has 0 saturated carbocycles. The van der Waals surface area contributed by atoms with Crippen molar-refractivity contribution >= 4 is 28.6 Å². The van der Waals surface area contributed by atoms with Gasteiger partial charge in [-0.05, 0) is 90.5 Å². The van der Waals surface area contributed by atoms with Crippen LogP contribution in [0.2, 0.25) is 0 Å². The molecule has 3 heterocycles. The summed E-state index contributed by atoms with van der Waals surface area (Å²) in [5, 5.41) is 13.5. The molecule has 6 rings (SSSR count). The fourth-order valence-corrected chi connectivity index (χ4v) is 5.34. The van der Waals surface area contributed by atoms with Gasteiger partial charge in [-0.1, -0.05) is 18.2 Å². The van der Waals surface area contributed by atoms with Gasteiger partial charge < -0.3 is 14.6 Å². The number of carbonyl (C=O) groups excluding carboxylic acids is 1. The number of nitrogens with one attached hydrogen (secondary N) is 1. The van der Waals surface area contributed by atoms with E-state index in [1.807, 2.05) is 66.8 Å². The van der Waals surface area contributed by atoms with Crippen LogP contribution < -0.4 is 10.2 Å². The summed E-state index contributed by atoms with van der Waals surface area (Å²) >= 11 is 1.84. The first-order valence-corrected chi connectivity index (χ1v) is 12.7. The molecule has 1 aliphatic heterocycles. The van der Waals surface area contributed by atoms with Crippen LogP contribution in [-0.2, 0) is 13.0 Å². The number of nitrogens with zero attached hydrogens (tertiary/aromatic N) is 3. The molecule has 0 spiro atoms. The summed E-state index contributed by atoms with van der Waals surface area (Å²) in [4.78, 5) is 16.7. The number of fused-ring (bicyclic) bond motifs is 1. The van der Waals surface area contributed by atoms with Gasteiger partial charge in [-0.15, -0.1) is 21.5 Å². The lowest BCUT2D eigenvalue weighted by molar-refractivity contribution is 0.102. The van der Waals surface area contributed by atoms with E-state index in [9.17, 15) is 4.79 Å². The SMILES string of the molecule is Cc1ccccc1-c1nnc(-c2ccc(C(=O)Nc3ccc(N4CCc5sccc5C4)cc3)cc2)o1. The van der Waals surface area contributed by atoms with Crippen molar-refractivity contribution in [2.75, 3.05) is 16.8 Å². The Balaban J connectivity index is 1.11. The average molecular weight is 493 g/mol. The molecule has 1 N–H and O–H groups in total. The lowest BCUT2D eigenvalue weighted by atomic mass is 10.1. The molecule has 0 unspecified atom stereocenters. The van der Waals surface area contributed by atoms with Gasteiger partial charge in [-0.25, -0.2) is 0 Å². The van der Waals surface area contributed by atoms with Crippen molar-refractivity contribution in [3.63, 3.8) is 0 Å². The Morgan fingerprint density at radius 2 is 1.72 bits per heavy atom.